The van der Waals surface area contributed by atoms with E-state index in [9.17, 15) is 61.0 Å². The smallest absolute Gasteiger partial charge is 0.220 e. The van der Waals surface area contributed by atoms with Crippen LogP contribution in [0.2, 0.25) is 0 Å². The van der Waals surface area contributed by atoms with Gasteiger partial charge in [-0.15, -0.1) is 0 Å². The molecule has 0 aromatic heterocycles. The van der Waals surface area contributed by atoms with Crippen LogP contribution in [0.1, 0.15) is 386 Å². The summed E-state index contributed by atoms with van der Waals surface area (Å²) in [5.41, 5.74) is 0. The Morgan fingerprint density at radius 1 is 0.333 bits per heavy atom. The molecule has 0 radical (unpaired) electrons. The Morgan fingerprint density at radius 2 is 0.600 bits per heavy atom. The number of rotatable bonds is 72. The molecule has 105 heavy (non-hydrogen) atoms. The van der Waals surface area contributed by atoms with Crippen molar-refractivity contribution in [2.75, 3.05) is 26.4 Å². The summed E-state index contributed by atoms with van der Waals surface area (Å²) in [6.45, 7) is 1.81. The van der Waals surface area contributed by atoms with Gasteiger partial charge in [0.25, 0.3) is 0 Å². The van der Waals surface area contributed by atoms with Crippen LogP contribution in [-0.2, 0) is 33.2 Å². The van der Waals surface area contributed by atoms with Crippen LogP contribution in [0, 0.1) is 0 Å². The van der Waals surface area contributed by atoms with Gasteiger partial charge in [0, 0.05) is 6.42 Å². The first kappa shape index (κ1) is 97.5. The van der Waals surface area contributed by atoms with Crippen LogP contribution in [-0.4, -0.2) is 193 Å². The van der Waals surface area contributed by atoms with Gasteiger partial charge in [0.05, 0.1) is 38.6 Å². The maximum absolute atomic E-state index is 13.5. The average molecular weight is 1500 g/mol. The van der Waals surface area contributed by atoms with Gasteiger partial charge < -0.3 is 89.9 Å². The van der Waals surface area contributed by atoms with E-state index in [4.69, 9.17) is 28.4 Å². The molecule has 17 unspecified atom stereocenters. The molecule has 0 aliphatic carbocycles. The molecule has 0 bridgehead atoms. The third-order valence-corrected chi connectivity index (χ3v) is 22.2. The number of aliphatic hydroxyl groups is 11. The highest BCUT2D eigenvalue weighted by atomic mass is 16.8. The number of unbranched alkanes of at least 4 members (excludes halogenated alkanes) is 54. The van der Waals surface area contributed by atoms with Crippen molar-refractivity contribution in [3.8, 4) is 0 Å². The van der Waals surface area contributed by atoms with Gasteiger partial charge in [0.15, 0.2) is 18.9 Å². The second-order valence-electron chi connectivity index (χ2n) is 31.7. The van der Waals surface area contributed by atoms with Crippen molar-refractivity contribution in [1.29, 1.82) is 0 Å². The molecule has 17 atom stereocenters. The third-order valence-electron chi connectivity index (χ3n) is 22.2. The van der Waals surface area contributed by atoms with E-state index in [0.29, 0.717) is 6.42 Å². The van der Waals surface area contributed by atoms with Gasteiger partial charge in [-0.25, -0.2) is 0 Å². The van der Waals surface area contributed by atoms with E-state index >= 15 is 0 Å². The molecule has 3 saturated heterocycles. The quantitative estimate of drug-likeness (QED) is 0.0199. The number of amides is 1. The number of hydrogen-bond acceptors (Lipinski definition) is 18. The lowest BCUT2D eigenvalue weighted by atomic mass is 9.96. The van der Waals surface area contributed by atoms with Crippen LogP contribution in [0.25, 0.3) is 0 Å². The fraction of sp³-hybridized carbons (Fsp3) is 0.942. The summed E-state index contributed by atoms with van der Waals surface area (Å²) in [4.78, 5) is 13.5. The Labute approximate surface area is 638 Å². The molecule has 3 aliphatic rings. The summed E-state index contributed by atoms with van der Waals surface area (Å²) in [5.74, 6) is -0.266. The highest BCUT2D eigenvalue weighted by Crippen LogP contribution is 2.34. The summed E-state index contributed by atoms with van der Waals surface area (Å²) in [5, 5.41) is 121. The molecule has 0 spiro atoms. The van der Waals surface area contributed by atoms with E-state index in [1.54, 1.807) is 6.08 Å². The van der Waals surface area contributed by atoms with E-state index in [0.717, 1.165) is 44.9 Å². The third kappa shape index (κ3) is 46.1. The van der Waals surface area contributed by atoms with E-state index in [1.807, 2.05) is 6.08 Å². The number of carbonyl (C=O) groups excluding carboxylic acids is 1. The Bertz CT molecular complexity index is 1990. The van der Waals surface area contributed by atoms with Crippen molar-refractivity contribution in [2.24, 2.45) is 0 Å². The van der Waals surface area contributed by atoms with Crippen LogP contribution in [0.15, 0.2) is 24.3 Å². The van der Waals surface area contributed by atoms with Crippen molar-refractivity contribution in [3.63, 3.8) is 0 Å². The molecule has 19 nitrogen and oxygen atoms in total. The normalized spacial score (nSPS) is 25.8. The van der Waals surface area contributed by atoms with Crippen molar-refractivity contribution in [3.05, 3.63) is 24.3 Å². The molecule has 3 aliphatic heterocycles. The van der Waals surface area contributed by atoms with Crippen LogP contribution >= 0.6 is 0 Å². The highest BCUT2D eigenvalue weighted by molar-refractivity contribution is 5.76. The van der Waals surface area contributed by atoms with Gasteiger partial charge >= 0.3 is 0 Å². The number of nitrogens with one attached hydrogen (secondary N) is 1. The van der Waals surface area contributed by atoms with Gasteiger partial charge in [-0.3, -0.25) is 4.79 Å². The Kier molecular flexibility index (Phi) is 62.0. The first-order chi connectivity index (χ1) is 51.3. The minimum absolute atomic E-state index is 0.249. The van der Waals surface area contributed by atoms with Crippen LogP contribution in [0.4, 0.5) is 0 Å². The zero-order chi connectivity index (χ0) is 76.0. The standard InChI is InChI=1S/C86H163NO18/c1-3-5-7-9-11-13-15-17-19-21-23-25-27-29-31-32-33-34-35-36-38-40-42-44-46-48-50-52-54-56-58-60-62-64-74(92)87-69(70(91)63-61-59-57-55-53-51-49-47-45-43-41-39-37-30-28-26-24-22-20-18-16-14-12-10-8-6-4-2)68-100-84-80(98)77(95)82(72(66-89)102-84)105-86-81(99)78(96)83(73(67-90)103-86)104-85-79(97)76(94)75(93)71(65-88)101-85/h21,23,61,63,69-73,75-86,88-91,93-99H,3-20,22,24-60,62,64-68H2,1-2H3,(H,87,92)/b23-21-,63-61+. The second-order valence-corrected chi connectivity index (χ2v) is 31.7. The molecule has 0 saturated carbocycles. The Hall–Kier alpha value is -1.73. The monoisotopic (exact) mass is 1500 g/mol. The maximum atomic E-state index is 13.5. The van der Waals surface area contributed by atoms with E-state index in [-0.39, 0.29) is 18.9 Å². The maximum Gasteiger partial charge on any atom is 0.220 e. The lowest BCUT2D eigenvalue weighted by Gasteiger charge is -2.48. The topological polar surface area (TPSA) is 307 Å². The highest BCUT2D eigenvalue weighted by Gasteiger charge is 2.54. The molecule has 620 valence electrons. The first-order valence-corrected chi connectivity index (χ1v) is 44.1. The molecule has 0 aromatic rings. The van der Waals surface area contributed by atoms with Crippen LogP contribution < -0.4 is 5.32 Å². The molecule has 0 aromatic carbocycles. The van der Waals surface area contributed by atoms with E-state index < -0.39 is 124 Å². The molecular formula is C86H163NO18. The molecule has 3 rings (SSSR count). The van der Waals surface area contributed by atoms with Gasteiger partial charge in [-0.05, 0) is 44.9 Å². The fourth-order valence-electron chi connectivity index (χ4n) is 15.2. The van der Waals surface area contributed by atoms with Gasteiger partial charge in [0.2, 0.25) is 5.91 Å². The largest absolute Gasteiger partial charge is 0.394 e. The number of hydrogen-bond donors (Lipinski definition) is 12. The number of carbonyl (C=O) groups is 1. The zero-order valence-electron chi connectivity index (χ0n) is 66.7. The number of ether oxygens (including phenoxy) is 6. The molecular weight excluding hydrogens is 1330 g/mol. The Morgan fingerprint density at radius 3 is 0.924 bits per heavy atom. The second kappa shape index (κ2) is 66.8. The van der Waals surface area contributed by atoms with Crippen molar-refractivity contribution < 1.29 is 89.4 Å². The predicted octanol–water partition coefficient (Wildman–Crippen LogP) is 16.1. The predicted molar refractivity (Wildman–Crippen MR) is 420 cm³/mol. The van der Waals surface area contributed by atoms with Gasteiger partial charge in [-0.1, -0.05) is 359 Å². The lowest BCUT2D eigenvalue weighted by molar-refractivity contribution is -0.379. The summed E-state index contributed by atoms with van der Waals surface area (Å²) in [7, 11) is 0. The van der Waals surface area contributed by atoms with Crippen molar-refractivity contribution >= 4 is 5.91 Å². The molecule has 3 fully saturated rings. The van der Waals surface area contributed by atoms with Crippen molar-refractivity contribution in [1.82, 2.24) is 5.32 Å². The summed E-state index contributed by atoms with van der Waals surface area (Å²) in [6.07, 6.45) is 56.1. The molecule has 12 N–H and O–H groups in total. The molecule has 3 heterocycles. The molecule has 1 amide bonds. The number of aliphatic hydroxyl groups excluding tert-OH is 11. The SMILES string of the molecule is CCCCCCCCCC/C=C\CCCCCCCCCCCCCCCCCCCCCCCC(=O)NC(COC1OC(CO)C(OC2OC(CO)C(OC3OC(CO)C(O)C(O)C3O)C(O)C2O)C(O)C1O)C(O)/C=C/CCCCCCCCCCCCCCCCCCCCCCCCCCC. The first-order valence-electron chi connectivity index (χ1n) is 44.1. The lowest BCUT2D eigenvalue weighted by Crippen LogP contribution is -2.66. The van der Waals surface area contributed by atoms with Crippen LogP contribution in [0.3, 0.4) is 0 Å². The summed E-state index contributed by atoms with van der Waals surface area (Å²) >= 11 is 0. The Balaban J connectivity index is 1.34. The average Bonchev–Trinajstić information content (AvgIpc) is 0.780. The fourth-order valence-corrected chi connectivity index (χ4v) is 15.2. The van der Waals surface area contributed by atoms with E-state index in [2.05, 4.69) is 31.3 Å². The minimum Gasteiger partial charge on any atom is -0.394 e. The summed E-state index contributed by atoms with van der Waals surface area (Å²) in [6, 6.07) is -0.972. The van der Waals surface area contributed by atoms with Gasteiger partial charge in [0.1, 0.15) is 73.2 Å². The van der Waals surface area contributed by atoms with Crippen LogP contribution in [0.5, 0.6) is 0 Å². The van der Waals surface area contributed by atoms with E-state index in [1.165, 1.54) is 315 Å². The summed E-state index contributed by atoms with van der Waals surface area (Å²) < 4.78 is 34.5. The van der Waals surface area contributed by atoms with Crippen molar-refractivity contribution in [2.45, 2.75) is 491 Å². The number of allylic oxidation sites excluding steroid dienone is 3. The molecule has 19 heteroatoms. The van der Waals surface area contributed by atoms with Gasteiger partial charge in [-0.2, -0.15) is 0 Å². The minimum atomic E-state index is -1.98. The zero-order valence-corrected chi connectivity index (χ0v) is 66.7.